The lowest BCUT2D eigenvalue weighted by molar-refractivity contribution is -0.138. The molecule has 0 aliphatic carbocycles. The fraction of sp³-hybridized carbons (Fsp3) is 0.500. The SMILES string of the molecule is Cc1ccc(NC(=O)[C@@H]2CC[C@H](CN)O2)cc1C(F)(F)F.Cl. The third-order valence-corrected chi connectivity index (χ3v) is 3.47. The molecule has 4 nitrogen and oxygen atoms in total. The second-order valence-corrected chi connectivity index (χ2v) is 5.08. The van der Waals surface area contributed by atoms with Gasteiger partial charge in [0.05, 0.1) is 11.7 Å². The van der Waals surface area contributed by atoms with Crippen molar-refractivity contribution in [3.63, 3.8) is 0 Å². The first-order valence-corrected chi connectivity index (χ1v) is 6.65. The van der Waals surface area contributed by atoms with E-state index >= 15 is 0 Å². The molecule has 8 heteroatoms. The van der Waals surface area contributed by atoms with Gasteiger partial charge >= 0.3 is 6.18 Å². The first-order valence-electron chi connectivity index (χ1n) is 6.65. The Balaban J connectivity index is 0.00000242. The predicted molar refractivity (Wildman–Crippen MR) is 79.0 cm³/mol. The molecule has 1 amide bonds. The van der Waals surface area contributed by atoms with Gasteiger partial charge in [-0.15, -0.1) is 12.4 Å². The maximum absolute atomic E-state index is 12.8. The second-order valence-electron chi connectivity index (χ2n) is 5.08. The van der Waals surface area contributed by atoms with E-state index in [9.17, 15) is 18.0 Å². The van der Waals surface area contributed by atoms with E-state index in [2.05, 4.69) is 5.32 Å². The van der Waals surface area contributed by atoms with Crippen LogP contribution in [0.2, 0.25) is 0 Å². The van der Waals surface area contributed by atoms with Gasteiger partial charge < -0.3 is 15.8 Å². The molecular formula is C14H18ClF3N2O2. The van der Waals surface area contributed by atoms with E-state index in [-0.39, 0.29) is 29.8 Å². The van der Waals surface area contributed by atoms with Crippen LogP contribution < -0.4 is 11.1 Å². The normalized spacial score (nSPS) is 21.3. The van der Waals surface area contributed by atoms with E-state index < -0.39 is 23.8 Å². The van der Waals surface area contributed by atoms with Gasteiger partial charge in [-0.25, -0.2) is 0 Å². The number of carbonyl (C=O) groups is 1. The highest BCUT2D eigenvalue weighted by atomic mass is 35.5. The van der Waals surface area contributed by atoms with Crippen molar-refractivity contribution >= 4 is 24.0 Å². The molecule has 1 fully saturated rings. The molecule has 0 unspecified atom stereocenters. The predicted octanol–water partition coefficient (Wildman–Crippen LogP) is 2.88. The van der Waals surface area contributed by atoms with Crippen LogP contribution in [0.5, 0.6) is 0 Å². The quantitative estimate of drug-likeness (QED) is 0.890. The molecule has 0 radical (unpaired) electrons. The Labute approximate surface area is 132 Å². The molecule has 1 aliphatic rings. The number of hydrogen-bond donors (Lipinski definition) is 2. The van der Waals surface area contributed by atoms with Crippen molar-refractivity contribution in [2.45, 2.75) is 38.1 Å². The summed E-state index contributed by atoms with van der Waals surface area (Å²) in [6.45, 7) is 1.70. The number of carbonyl (C=O) groups excluding carboxylic acids is 1. The van der Waals surface area contributed by atoms with Crippen LogP contribution in [0.3, 0.4) is 0 Å². The summed E-state index contributed by atoms with van der Waals surface area (Å²) in [6, 6.07) is 3.71. The highest BCUT2D eigenvalue weighted by Gasteiger charge is 2.33. The third-order valence-electron chi connectivity index (χ3n) is 3.47. The molecule has 124 valence electrons. The molecule has 1 heterocycles. The lowest BCUT2D eigenvalue weighted by Gasteiger charge is -2.15. The number of halogens is 4. The van der Waals surface area contributed by atoms with Crippen LogP contribution in [0.4, 0.5) is 18.9 Å². The summed E-state index contributed by atoms with van der Waals surface area (Å²) >= 11 is 0. The number of amides is 1. The number of anilines is 1. The first-order chi connectivity index (χ1) is 9.81. The molecule has 0 saturated carbocycles. The van der Waals surface area contributed by atoms with Crippen molar-refractivity contribution in [1.82, 2.24) is 0 Å². The molecule has 1 aromatic rings. The molecule has 2 atom stereocenters. The van der Waals surface area contributed by atoms with Crippen molar-refractivity contribution < 1.29 is 22.7 Å². The fourth-order valence-corrected chi connectivity index (χ4v) is 2.30. The Kier molecular flexibility index (Phi) is 6.22. The van der Waals surface area contributed by atoms with Gasteiger partial charge in [-0.05, 0) is 37.5 Å². The number of alkyl halides is 3. The molecule has 3 N–H and O–H groups in total. The van der Waals surface area contributed by atoms with E-state index in [0.717, 1.165) is 6.07 Å². The topological polar surface area (TPSA) is 64.4 Å². The Morgan fingerprint density at radius 3 is 2.64 bits per heavy atom. The lowest BCUT2D eigenvalue weighted by atomic mass is 10.1. The third kappa shape index (κ3) is 4.34. The molecule has 0 aromatic heterocycles. The largest absolute Gasteiger partial charge is 0.416 e. The van der Waals surface area contributed by atoms with Gasteiger partial charge in [0.2, 0.25) is 0 Å². The number of hydrogen-bond acceptors (Lipinski definition) is 3. The van der Waals surface area contributed by atoms with Gasteiger partial charge in [-0.3, -0.25) is 4.79 Å². The summed E-state index contributed by atoms with van der Waals surface area (Å²) in [4.78, 5) is 12.0. The molecular weight excluding hydrogens is 321 g/mol. The maximum atomic E-state index is 12.8. The summed E-state index contributed by atoms with van der Waals surface area (Å²) in [7, 11) is 0. The Hall–Kier alpha value is -1.31. The monoisotopic (exact) mass is 338 g/mol. The first kappa shape index (κ1) is 18.7. The number of nitrogens with two attached hydrogens (primary N) is 1. The van der Waals surface area contributed by atoms with Crippen LogP contribution in [0, 0.1) is 6.92 Å². The number of aryl methyl sites for hydroxylation is 1. The number of ether oxygens (including phenoxy) is 1. The van der Waals surface area contributed by atoms with Crippen molar-refractivity contribution in [1.29, 1.82) is 0 Å². The van der Waals surface area contributed by atoms with Crippen molar-refractivity contribution in [2.24, 2.45) is 5.73 Å². The lowest BCUT2D eigenvalue weighted by Crippen LogP contribution is -2.29. The van der Waals surface area contributed by atoms with Crippen LogP contribution >= 0.6 is 12.4 Å². The number of rotatable bonds is 3. The van der Waals surface area contributed by atoms with E-state index in [1.165, 1.54) is 19.1 Å². The van der Waals surface area contributed by atoms with Crippen LogP contribution in [-0.4, -0.2) is 24.7 Å². The van der Waals surface area contributed by atoms with Gasteiger partial charge in [-0.2, -0.15) is 13.2 Å². The van der Waals surface area contributed by atoms with Gasteiger partial charge in [0.25, 0.3) is 5.91 Å². The molecule has 1 aromatic carbocycles. The van der Waals surface area contributed by atoms with Gasteiger partial charge in [0, 0.05) is 12.2 Å². The smallest absolute Gasteiger partial charge is 0.364 e. The molecule has 0 bridgehead atoms. The molecule has 22 heavy (non-hydrogen) atoms. The zero-order valence-electron chi connectivity index (χ0n) is 11.9. The van der Waals surface area contributed by atoms with Crippen LogP contribution in [0.1, 0.15) is 24.0 Å². The molecule has 2 rings (SSSR count). The van der Waals surface area contributed by atoms with Crippen LogP contribution in [0.25, 0.3) is 0 Å². The Bertz CT molecular complexity index is 537. The summed E-state index contributed by atoms with van der Waals surface area (Å²) in [5.41, 5.74) is 4.92. The average Bonchev–Trinajstić information content (AvgIpc) is 2.88. The summed E-state index contributed by atoms with van der Waals surface area (Å²) < 4.78 is 43.8. The van der Waals surface area contributed by atoms with Crippen molar-refractivity contribution in [2.75, 3.05) is 11.9 Å². The number of benzene rings is 1. The highest BCUT2D eigenvalue weighted by molar-refractivity contribution is 5.94. The van der Waals surface area contributed by atoms with E-state index in [0.29, 0.717) is 19.4 Å². The van der Waals surface area contributed by atoms with Gasteiger partial charge in [0.1, 0.15) is 6.10 Å². The standard InChI is InChI=1S/C14H17F3N2O2.ClH/c1-8-2-3-9(6-11(8)14(15,16)17)19-13(20)12-5-4-10(7-18)21-12;/h2-3,6,10,12H,4-5,7,18H2,1H3,(H,19,20);1H/t10-,12+;/m1./s1. The van der Waals surface area contributed by atoms with Gasteiger partial charge in [-0.1, -0.05) is 6.07 Å². The maximum Gasteiger partial charge on any atom is 0.416 e. The van der Waals surface area contributed by atoms with E-state index in [4.69, 9.17) is 10.5 Å². The van der Waals surface area contributed by atoms with Crippen molar-refractivity contribution in [3.05, 3.63) is 29.3 Å². The molecule has 1 aliphatic heterocycles. The molecule has 0 spiro atoms. The fourth-order valence-electron chi connectivity index (χ4n) is 2.30. The Morgan fingerprint density at radius 1 is 1.41 bits per heavy atom. The van der Waals surface area contributed by atoms with Crippen LogP contribution in [-0.2, 0) is 15.7 Å². The average molecular weight is 339 g/mol. The zero-order valence-corrected chi connectivity index (χ0v) is 12.8. The Morgan fingerprint density at radius 2 is 2.09 bits per heavy atom. The minimum Gasteiger partial charge on any atom is -0.364 e. The van der Waals surface area contributed by atoms with E-state index in [1.54, 1.807) is 0 Å². The van der Waals surface area contributed by atoms with Crippen molar-refractivity contribution in [3.8, 4) is 0 Å². The number of nitrogens with one attached hydrogen (secondary N) is 1. The highest BCUT2D eigenvalue weighted by Crippen LogP contribution is 2.33. The summed E-state index contributed by atoms with van der Waals surface area (Å²) in [5, 5.41) is 2.46. The van der Waals surface area contributed by atoms with E-state index in [1.807, 2.05) is 0 Å². The second kappa shape index (κ2) is 7.30. The summed E-state index contributed by atoms with van der Waals surface area (Å²) in [6.07, 6.45) is -4.07. The minimum atomic E-state index is -4.45. The molecule has 1 saturated heterocycles. The summed E-state index contributed by atoms with van der Waals surface area (Å²) in [5.74, 6) is -0.442. The van der Waals surface area contributed by atoms with Gasteiger partial charge in [0.15, 0.2) is 0 Å². The zero-order chi connectivity index (χ0) is 15.6. The van der Waals surface area contributed by atoms with Crippen LogP contribution in [0.15, 0.2) is 18.2 Å². The minimum absolute atomic E-state index is 0.